The van der Waals surface area contributed by atoms with Gasteiger partial charge in [-0.05, 0) is 18.6 Å². The first-order chi connectivity index (χ1) is 10.5. The highest BCUT2D eigenvalue weighted by atomic mass is 32.2. The third-order valence-electron chi connectivity index (χ3n) is 2.83. The summed E-state index contributed by atoms with van der Waals surface area (Å²) in [7, 11) is -1.83. The van der Waals surface area contributed by atoms with Crippen molar-refractivity contribution in [2.45, 2.75) is 18.4 Å². The lowest BCUT2D eigenvalue weighted by Gasteiger charge is -2.07. The molecular weight excluding hydrogens is 304 g/mol. The van der Waals surface area contributed by atoms with Gasteiger partial charge in [0.25, 0.3) is 0 Å². The minimum Gasteiger partial charge on any atom is -0.481 e. The van der Waals surface area contributed by atoms with E-state index in [1.807, 2.05) is 6.92 Å². The molecule has 2 aromatic heterocycles. The molecule has 6 nitrogen and oxygen atoms in total. The molecule has 0 aliphatic rings. The molecule has 0 bridgehead atoms. The Morgan fingerprint density at radius 2 is 1.91 bits per heavy atom. The highest BCUT2D eigenvalue weighted by Crippen LogP contribution is 2.15. The zero-order valence-corrected chi connectivity index (χ0v) is 13.3. The fourth-order valence-electron chi connectivity index (χ4n) is 1.91. The van der Waals surface area contributed by atoms with Crippen LogP contribution in [0.15, 0.2) is 36.5 Å². The molecule has 0 spiro atoms. The Morgan fingerprint density at radius 1 is 1.09 bits per heavy atom. The molecule has 2 rings (SSSR count). The first-order valence-electron chi connectivity index (χ1n) is 6.80. The molecule has 0 aliphatic carbocycles. The Kier molecular flexibility index (Phi) is 5.32. The van der Waals surface area contributed by atoms with E-state index in [1.54, 1.807) is 30.3 Å². The third-order valence-corrected chi connectivity index (χ3v) is 4.34. The minimum absolute atomic E-state index is 0.0927. The van der Waals surface area contributed by atoms with E-state index in [2.05, 4.69) is 9.97 Å². The van der Waals surface area contributed by atoms with Crippen LogP contribution in [0.25, 0.3) is 0 Å². The zero-order valence-electron chi connectivity index (χ0n) is 12.5. The standard InChI is InChI=1S/C15H18N2O4S/c1-3-21-15-6-4-5-13(17-15)11-22(18,19)10-12-7-8-14(20-2)16-9-12/h4-9H,3,10-11H2,1-2H3. The summed E-state index contributed by atoms with van der Waals surface area (Å²) < 4.78 is 34.7. The van der Waals surface area contributed by atoms with Crippen molar-refractivity contribution < 1.29 is 17.9 Å². The molecule has 7 heteroatoms. The number of methoxy groups -OCH3 is 1. The molecule has 0 radical (unpaired) electrons. The SMILES string of the molecule is CCOc1cccc(CS(=O)(=O)Cc2ccc(OC)nc2)n1. The number of ether oxygens (including phenoxy) is 2. The average molecular weight is 322 g/mol. The summed E-state index contributed by atoms with van der Waals surface area (Å²) in [5, 5.41) is 0. The molecule has 22 heavy (non-hydrogen) atoms. The van der Waals surface area contributed by atoms with Gasteiger partial charge in [-0.15, -0.1) is 0 Å². The number of aromatic nitrogens is 2. The van der Waals surface area contributed by atoms with E-state index in [9.17, 15) is 8.42 Å². The van der Waals surface area contributed by atoms with E-state index in [0.29, 0.717) is 29.6 Å². The smallest absolute Gasteiger partial charge is 0.213 e. The molecule has 0 aromatic carbocycles. The fourth-order valence-corrected chi connectivity index (χ4v) is 3.31. The third kappa shape index (κ3) is 4.70. The largest absolute Gasteiger partial charge is 0.481 e. The van der Waals surface area contributed by atoms with Gasteiger partial charge in [-0.3, -0.25) is 0 Å². The van der Waals surface area contributed by atoms with Crippen molar-refractivity contribution in [3.05, 3.63) is 47.8 Å². The molecule has 2 aromatic rings. The highest BCUT2D eigenvalue weighted by Gasteiger charge is 2.15. The van der Waals surface area contributed by atoms with E-state index >= 15 is 0 Å². The molecule has 0 aliphatic heterocycles. The van der Waals surface area contributed by atoms with Crippen LogP contribution in [-0.4, -0.2) is 32.1 Å². The van der Waals surface area contributed by atoms with Crippen molar-refractivity contribution in [1.82, 2.24) is 9.97 Å². The minimum atomic E-state index is -3.34. The van der Waals surface area contributed by atoms with Gasteiger partial charge in [0.15, 0.2) is 9.84 Å². The summed E-state index contributed by atoms with van der Waals surface area (Å²) in [5.74, 6) is 0.651. The Labute approximate surface area is 130 Å². The molecule has 0 amide bonds. The van der Waals surface area contributed by atoms with Crippen LogP contribution < -0.4 is 9.47 Å². The van der Waals surface area contributed by atoms with Crippen molar-refractivity contribution in [1.29, 1.82) is 0 Å². The second-order valence-corrected chi connectivity index (χ2v) is 6.71. The van der Waals surface area contributed by atoms with Crippen LogP contribution in [0.1, 0.15) is 18.2 Å². The maximum Gasteiger partial charge on any atom is 0.213 e. The van der Waals surface area contributed by atoms with Gasteiger partial charge in [0.05, 0.1) is 30.9 Å². The summed E-state index contributed by atoms with van der Waals surface area (Å²) >= 11 is 0. The summed E-state index contributed by atoms with van der Waals surface area (Å²) in [6, 6.07) is 8.43. The monoisotopic (exact) mass is 322 g/mol. The van der Waals surface area contributed by atoms with Crippen molar-refractivity contribution in [2.24, 2.45) is 0 Å². The summed E-state index contributed by atoms with van der Waals surface area (Å²) in [6.45, 7) is 2.34. The van der Waals surface area contributed by atoms with Crippen LogP contribution >= 0.6 is 0 Å². The van der Waals surface area contributed by atoms with Gasteiger partial charge in [-0.1, -0.05) is 12.1 Å². The maximum absolute atomic E-state index is 12.3. The topological polar surface area (TPSA) is 78.4 Å². The van der Waals surface area contributed by atoms with E-state index in [0.717, 1.165) is 0 Å². The lowest BCUT2D eigenvalue weighted by Crippen LogP contribution is -2.09. The number of nitrogens with zero attached hydrogens (tertiary/aromatic N) is 2. The van der Waals surface area contributed by atoms with Crippen molar-refractivity contribution >= 4 is 9.84 Å². The average Bonchev–Trinajstić information content (AvgIpc) is 2.48. The quantitative estimate of drug-likeness (QED) is 0.776. The molecular formula is C15H18N2O4S. The van der Waals surface area contributed by atoms with Crippen LogP contribution in [0.2, 0.25) is 0 Å². The lowest BCUT2D eigenvalue weighted by molar-refractivity contribution is 0.326. The highest BCUT2D eigenvalue weighted by molar-refractivity contribution is 7.89. The molecule has 2 heterocycles. The van der Waals surface area contributed by atoms with Gasteiger partial charge >= 0.3 is 0 Å². The van der Waals surface area contributed by atoms with Crippen LogP contribution in [0.4, 0.5) is 0 Å². The van der Waals surface area contributed by atoms with Crippen LogP contribution in [0, 0.1) is 0 Å². The van der Waals surface area contributed by atoms with Gasteiger partial charge in [0, 0.05) is 18.3 Å². The maximum atomic E-state index is 12.3. The zero-order chi connectivity index (χ0) is 16.0. The number of hydrogen-bond donors (Lipinski definition) is 0. The Bertz CT molecular complexity index is 715. The first-order valence-corrected chi connectivity index (χ1v) is 8.62. The second-order valence-electron chi connectivity index (χ2n) is 4.64. The predicted molar refractivity (Wildman–Crippen MR) is 82.5 cm³/mol. The van der Waals surface area contributed by atoms with E-state index in [-0.39, 0.29) is 11.5 Å². The van der Waals surface area contributed by atoms with Gasteiger partial charge in [-0.25, -0.2) is 18.4 Å². The summed E-state index contributed by atoms with van der Waals surface area (Å²) in [6.07, 6.45) is 1.50. The first kappa shape index (κ1) is 16.2. The molecule has 0 N–H and O–H groups in total. The second kappa shape index (κ2) is 7.22. The number of hydrogen-bond acceptors (Lipinski definition) is 6. The van der Waals surface area contributed by atoms with E-state index in [4.69, 9.17) is 9.47 Å². The molecule has 0 saturated carbocycles. The molecule has 0 atom stereocenters. The van der Waals surface area contributed by atoms with Gasteiger partial charge in [0.2, 0.25) is 11.8 Å². The van der Waals surface area contributed by atoms with E-state index < -0.39 is 9.84 Å². The van der Waals surface area contributed by atoms with Crippen molar-refractivity contribution in [3.63, 3.8) is 0 Å². The van der Waals surface area contributed by atoms with Gasteiger partial charge in [0.1, 0.15) is 0 Å². The van der Waals surface area contributed by atoms with Crippen LogP contribution in [-0.2, 0) is 21.3 Å². The number of pyridine rings is 2. The van der Waals surface area contributed by atoms with Gasteiger partial charge in [-0.2, -0.15) is 0 Å². The Balaban J connectivity index is 2.08. The normalized spacial score (nSPS) is 11.2. The molecule has 0 fully saturated rings. The van der Waals surface area contributed by atoms with E-state index in [1.165, 1.54) is 13.3 Å². The Hall–Kier alpha value is -2.15. The van der Waals surface area contributed by atoms with Crippen molar-refractivity contribution in [3.8, 4) is 11.8 Å². The Morgan fingerprint density at radius 3 is 2.55 bits per heavy atom. The molecule has 0 saturated heterocycles. The van der Waals surface area contributed by atoms with Crippen molar-refractivity contribution in [2.75, 3.05) is 13.7 Å². The molecule has 118 valence electrons. The predicted octanol–water partition coefficient (Wildman–Crippen LogP) is 2.00. The fraction of sp³-hybridized carbons (Fsp3) is 0.333. The lowest BCUT2D eigenvalue weighted by atomic mass is 10.3. The van der Waals surface area contributed by atoms with Gasteiger partial charge < -0.3 is 9.47 Å². The van der Waals surface area contributed by atoms with Crippen LogP contribution in [0.5, 0.6) is 11.8 Å². The van der Waals surface area contributed by atoms with Crippen LogP contribution in [0.3, 0.4) is 0 Å². The summed E-state index contributed by atoms with van der Waals surface area (Å²) in [5.41, 5.74) is 1.08. The summed E-state index contributed by atoms with van der Waals surface area (Å²) in [4.78, 5) is 8.18. The number of rotatable bonds is 7. The number of sulfone groups is 1. The molecule has 0 unspecified atom stereocenters.